The van der Waals surface area contributed by atoms with E-state index in [0.717, 1.165) is 10.0 Å². The number of nitrogens with zero attached hydrogens (tertiary/aromatic N) is 2. The maximum Gasteiger partial charge on any atom is 0.261 e. The normalized spacial score (nSPS) is 10.6. The predicted molar refractivity (Wildman–Crippen MR) is 74.5 cm³/mol. The summed E-state index contributed by atoms with van der Waals surface area (Å²) in [6, 6.07) is 14.5. The first-order valence-corrected chi connectivity index (χ1v) is 6.42. The van der Waals surface area contributed by atoms with Crippen LogP contribution in [-0.4, -0.2) is 15.2 Å². The fourth-order valence-corrected chi connectivity index (χ4v) is 2.20. The zero-order valence-corrected chi connectivity index (χ0v) is 11.3. The molecule has 0 aliphatic carbocycles. The molecule has 3 rings (SSSR count). The molecule has 5 heteroatoms. The van der Waals surface area contributed by atoms with Crippen LogP contribution in [0.1, 0.15) is 0 Å². The summed E-state index contributed by atoms with van der Waals surface area (Å²) in [6.45, 7) is 0. The van der Waals surface area contributed by atoms with Crippen molar-refractivity contribution >= 4 is 15.9 Å². The summed E-state index contributed by atoms with van der Waals surface area (Å²) in [5, 5.41) is 13.7. The minimum atomic E-state index is 0.116. The molecule has 0 fully saturated rings. The zero-order valence-electron chi connectivity index (χ0n) is 9.75. The van der Waals surface area contributed by atoms with Gasteiger partial charge in [-0.15, -0.1) is 0 Å². The van der Waals surface area contributed by atoms with E-state index < -0.39 is 0 Å². The Morgan fingerprint density at radius 2 is 1.63 bits per heavy atom. The van der Waals surface area contributed by atoms with Gasteiger partial charge in [-0.05, 0) is 24.3 Å². The molecule has 3 aromatic rings. The van der Waals surface area contributed by atoms with Crippen molar-refractivity contribution in [2.24, 2.45) is 0 Å². The molecule has 0 aliphatic rings. The van der Waals surface area contributed by atoms with E-state index in [4.69, 9.17) is 4.52 Å². The van der Waals surface area contributed by atoms with Crippen molar-refractivity contribution in [2.45, 2.75) is 0 Å². The zero-order chi connectivity index (χ0) is 13.2. The molecule has 19 heavy (non-hydrogen) atoms. The summed E-state index contributed by atoms with van der Waals surface area (Å²) in [6.07, 6.45) is 0. The standard InChI is InChI=1S/C14H9BrN2O2/c15-11-7-3-1-5-9(11)13-16-14(19-17-13)10-6-2-4-8-12(10)18/h1-8,18H. The minimum absolute atomic E-state index is 0.116. The summed E-state index contributed by atoms with van der Waals surface area (Å²) >= 11 is 3.44. The molecule has 1 heterocycles. The molecule has 0 unspecified atom stereocenters. The highest BCUT2D eigenvalue weighted by Crippen LogP contribution is 2.31. The Morgan fingerprint density at radius 1 is 0.947 bits per heavy atom. The Morgan fingerprint density at radius 3 is 2.37 bits per heavy atom. The summed E-state index contributed by atoms with van der Waals surface area (Å²) in [5.74, 6) is 0.888. The molecular formula is C14H9BrN2O2. The largest absolute Gasteiger partial charge is 0.507 e. The average Bonchev–Trinajstić information content (AvgIpc) is 2.89. The summed E-state index contributed by atoms with van der Waals surface area (Å²) in [5.41, 5.74) is 1.36. The molecule has 0 amide bonds. The first-order valence-electron chi connectivity index (χ1n) is 5.62. The minimum Gasteiger partial charge on any atom is -0.507 e. The van der Waals surface area contributed by atoms with Gasteiger partial charge in [-0.1, -0.05) is 45.4 Å². The van der Waals surface area contributed by atoms with Gasteiger partial charge < -0.3 is 9.63 Å². The Balaban J connectivity index is 2.06. The number of hydrogen-bond donors (Lipinski definition) is 1. The molecule has 0 saturated heterocycles. The van der Waals surface area contributed by atoms with Gasteiger partial charge in [0, 0.05) is 10.0 Å². The van der Waals surface area contributed by atoms with Gasteiger partial charge in [0.15, 0.2) is 0 Å². The van der Waals surface area contributed by atoms with E-state index in [9.17, 15) is 5.11 Å². The SMILES string of the molecule is Oc1ccccc1-c1nc(-c2ccccc2Br)no1. The van der Waals surface area contributed by atoms with E-state index in [1.54, 1.807) is 24.3 Å². The van der Waals surface area contributed by atoms with Gasteiger partial charge in [0.25, 0.3) is 5.89 Å². The lowest BCUT2D eigenvalue weighted by atomic mass is 10.2. The van der Waals surface area contributed by atoms with E-state index in [2.05, 4.69) is 26.1 Å². The van der Waals surface area contributed by atoms with Crippen molar-refractivity contribution in [3.8, 4) is 28.6 Å². The molecule has 0 bridgehead atoms. The first-order chi connectivity index (χ1) is 9.25. The second-order valence-corrected chi connectivity index (χ2v) is 4.77. The second kappa shape index (κ2) is 4.85. The van der Waals surface area contributed by atoms with Crippen LogP contribution in [0.2, 0.25) is 0 Å². The van der Waals surface area contributed by atoms with Crippen molar-refractivity contribution < 1.29 is 9.63 Å². The summed E-state index contributed by atoms with van der Waals surface area (Å²) in [7, 11) is 0. The maximum atomic E-state index is 9.76. The molecular weight excluding hydrogens is 308 g/mol. The number of benzene rings is 2. The highest BCUT2D eigenvalue weighted by molar-refractivity contribution is 9.10. The first kappa shape index (κ1) is 11.9. The lowest BCUT2D eigenvalue weighted by Crippen LogP contribution is -1.82. The Bertz CT molecular complexity index is 665. The van der Waals surface area contributed by atoms with Crippen molar-refractivity contribution in [1.82, 2.24) is 10.1 Å². The summed E-state index contributed by atoms with van der Waals surface area (Å²) < 4.78 is 6.09. The van der Waals surface area contributed by atoms with Crippen LogP contribution >= 0.6 is 15.9 Å². The number of rotatable bonds is 2. The number of phenolic OH excluding ortho intramolecular Hbond substituents is 1. The van der Waals surface area contributed by atoms with Crippen LogP contribution in [0.5, 0.6) is 5.75 Å². The van der Waals surface area contributed by atoms with Crippen molar-refractivity contribution in [3.05, 3.63) is 53.0 Å². The molecule has 0 radical (unpaired) electrons. The van der Waals surface area contributed by atoms with E-state index in [-0.39, 0.29) is 5.75 Å². The smallest absolute Gasteiger partial charge is 0.261 e. The highest BCUT2D eigenvalue weighted by atomic mass is 79.9. The van der Waals surface area contributed by atoms with Crippen LogP contribution in [0.3, 0.4) is 0 Å². The molecule has 0 saturated carbocycles. The lowest BCUT2D eigenvalue weighted by Gasteiger charge is -1.97. The van der Waals surface area contributed by atoms with Crippen LogP contribution in [-0.2, 0) is 0 Å². The van der Waals surface area contributed by atoms with Gasteiger partial charge in [0.1, 0.15) is 5.75 Å². The average molecular weight is 317 g/mol. The number of para-hydroxylation sites is 1. The number of aromatic hydroxyl groups is 1. The fraction of sp³-hybridized carbons (Fsp3) is 0. The van der Waals surface area contributed by atoms with Gasteiger partial charge in [0.2, 0.25) is 5.82 Å². The molecule has 1 aromatic heterocycles. The molecule has 2 aromatic carbocycles. The lowest BCUT2D eigenvalue weighted by molar-refractivity contribution is 0.425. The second-order valence-electron chi connectivity index (χ2n) is 3.92. The maximum absolute atomic E-state index is 9.76. The Hall–Kier alpha value is -2.14. The third-order valence-corrected chi connectivity index (χ3v) is 3.37. The van der Waals surface area contributed by atoms with Gasteiger partial charge in [-0.2, -0.15) is 4.98 Å². The van der Waals surface area contributed by atoms with Crippen LogP contribution in [0.4, 0.5) is 0 Å². The Labute approximate surface area is 117 Å². The predicted octanol–water partition coefficient (Wildman–Crippen LogP) is 3.87. The molecule has 0 aliphatic heterocycles. The van der Waals surface area contributed by atoms with Crippen molar-refractivity contribution in [3.63, 3.8) is 0 Å². The Kier molecular flexibility index (Phi) is 3.05. The third kappa shape index (κ3) is 2.24. The topological polar surface area (TPSA) is 59.2 Å². The van der Waals surface area contributed by atoms with Crippen LogP contribution in [0, 0.1) is 0 Å². The van der Waals surface area contributed by atoms with Crippen molar-refractivity contribution in [2.75, 3.05) is 0 Å². The van der Waals surface area contributed by atoms with E-state index in [1.165, 1.54) is 0 Å². The number of halogens is 1. The van der Waals surface area contributed by atoms with Crippen LogP contribution in [0.25, 0.3) is 22.8 Å². The van der Waals surface area contributed by atoms with Crippen LogP contribution in [0.15, 0.2) is 57.5 Å². The van der Waals surface area contributed by atoms with Gasteiger partial charge in [-0.25, -0.2) is 0 Å². The van der Waals surface area contributed by atoms with Crippen molar-refractivity contribution in [1.29, 1.82) is 0 Å². The van der Waals surface area contributed by atoms with E-state index in [1.807, 2.05) is 24.3 Å². The number of hydrogen-bond acceptors (Lipinski definition) is 4. The molecule has 94 valence electrons. The highest BCUT2D eigenvalue weighted by Gasteiger charge is 2.14. The van der Waals surface area contributed by atoms with Gasteiger partial charge >= 0.3 is 0 Å². The number of phenols is 1. The summed E-state index contributed by atoms with van der Waals surface area (Å²) in [4.78, 5) is 4.30. The fourth-order valence-electron chi connectivity index (χ4n) is 1.74. The molecule has 0 spiro atoms. The quantitative estimate of drug-likeness (QED) is 0.779. The van der Waals surface area contributed by atoms with Gasteiger partial charge in [0.05, 0.1) is 5.56 Å². The number of aromatic nitrogens is 2. The van der Waals surface area contributed by atoms with Gasteiger partial charge in [-0.3, -0.25) is 0 Å². The van der Waals surface area contributed by atoms with E-state index in [0.29, 0.717) is 17.3 Å². The molecule has 0 atom stereocenters. The molecule has 4 nitrogen and oxygen atoms in total. The van der Waals surface area contributed by atoms with Crippen LogP contribution < -0.4 is 0 Å². The third-order valence-electron chi connectivity index (χ3n) is 2.68. The van der Waals surface area contributed by atoms with E-state index >= 15 is 0 Å². The molecule has 1 N–H and O–H groups in total. The monoisotopic (exact) mass is 316 g/mol.